The van der Waals surface area contributed by atoms with Crippen LogP contribution in [0.25, 0.3) is 0 Å². The number of methoxy groups -OCH3 is 1. The number of aliphatic imine (C=N–C) groups is 1. The number of carbonyl (C=O) groups is 1. The minimum Gasteiger partial charge on any atom is -0.496 e. The number of hydrogen-bond acceptors (Lipinski definition) is 3. The van der Waals surface area contributed by atoms with Crippen LogP contribution in [0.2, 0.25) is 5.02 Å². The molecule has 0 aliphatic carbocycles. The summed E-state index contributed by atoms with van der Waals surface area (Å²) in [5.74, 6) is 0.183. The van der Waals surface area contributed by atoms with E-state index < -0.39 is 0 Å². The van der Waals surface area contributed by atoms with Gasteiger partial charge < -0.3 is 9.64 Å². The summed E-state index contributed by atoms with van der Waals surface area (Å²) in [5.41, 5.74) is 0.399. The quantitative estimate of drug-likeness (QED) is 0.782. The Morgan fingerprint density at radius 3 is 2.83 bits per heavy atom. The lowest BCUT2D eigenvalue weighted by Crippen LogP contribution is -2.35. The van der Waals surface area contributed by atoms with Gasteiger partial charge in [-0.2, -0.15) is 4.99 Å². The van der Waals surface area contributed by atoms with Crippen molar-refractivity contribution in [3.8, 4) is 5.75 Å². The zero-order valence-electron chi connectivity index (χ0n) is 14.0. The van der Waals surface area contributed by atoms with E-state index in [0.717, 1.165) is 24.6 Å². The molecule has 0 radical (unpaired) electrons. The van der Waals surface area contributed by atoms with Crippen LogP contribution in [0.3, 0.4) is 0 Å². The van der Waals surface area contributed by atoms with E-state index in [1.807, 2.05) is 0 Å². The highest BCUT2D eigenvalue weighted by Gasteiger charge is 2.33. The standard InChI is InChI=1S/C17H23ClN2O2S/c1-5-6-9-20-11(2)12(3)23-17(20)19-16(21)14-10-13(18)7-8-15(14)22-4/h7-8,10-12H,5-6,9H2,1-4H3/b19-17+. The molecule has 1 aliphatic heterocycles. The number of benzene rings is 1. The molecule has 1 aromatic rings. The van der Waals surface area contributed by atoms with Crippen molar-refractivity contribution in [2.45, 2.75) is 44.9 Å². The number of nitrogens with zero attached hydrogens (tertiary/aromatic N) is 2. The summed E-state index contributed by atoms with van der Waals surface area (Å²) in [7, 11) is 1.54. The first-order chi connectivity index (χ1) is 11.0. The second-order valence-corrected chi connectivity index (χ2v) is 7.44. The summed E-state index contributed by atoms with van der Waals surface area (Å²) in [5, 5.41) is 1.71. The maximum Gasteiger partial charge on any atom is 0.283 e. The van der Waals surface area contributed by atoms with E-state index >= 15 is 0 Å². The van der Waals surface area contributed by atoms with Gasteiger partial charge in [-0.15, -0.1) is 0 Å². The number of unbranched alkanes of at least 4 members (excludes halogenated alkanes) is 1. The van der Waals surface area contributed by atoms with Gasteiger partial charge in [-0.05, 0) is 31.5 Å². The Bertz CT molecular complexity index is 606. The molecule has 2 rings (SSSR count). The first-order valence-electron chi connectivity index (χ1n) is 7.87. The summed E-state index contributed by atoms with van der Waals surface area (Å²) in [6.07, 6.45) is 2.21. The van der Waals surface area contributed by atoms with Crippen LogP contribution >= 0.6 is 23.4 Å². The second kappa shape index (κ2) is 8.06. The van der Waals surface area contributed by atoms with Gasteiger partial charge in [-0.3, -0.25) is 4.79 Å². The van der Waals surface area contributed by atoms with E-state index in [1.54, 1.807) is 30.0 Å². The number of thioether (sulfide) groups is 1. The van der Waals surface area contributed by atoms with Gasteiger partial charge in [0, 0.05) is 22.9 Å². The first kappa shape index (κ1) is 18.1. The van der Waals surface area contributed by atoms with E-state index in [0.29, 0.717) is 27.6 Å². The lowest BCUT2D eigenvalue weighted by Gasteiger charge is -2.24. The molecular weight excluding hydrogens is 332 g/mol. The number of ether oxygens (including phenoxy) is 1. The smallest absolute Gasteiger partial charge is 0.283 e. The molecule has 23 heavy (non-hydrogen) atoms. The number of amidine groups is 1. The van der Waals surface area contributed by atoms with Gasteiger partial charge >= 0.3 is 0 Å². The lowest BCUT2D eigenvalue weighted by atomic mass is 10.2. The number of carbonyl (C=O) groups excluding carboxylic acids is 1. The zero-order chi connectivity index (χ0) is 17.0. The molecule has 1 heterocycles. The Hall–Kier alpha value is -1.20. The molecule has 1 amide bonds. The topological polar surface area (TPSA) is 41.9 Å². The molecule has 0 aromatic heterocycles. The Labute approximate surface area is 147 Å². The number of halogens is 1. The average Bonchev–Trinajstić information content (AvgIpc) is 2.79. The molecule has 2 unspecified atom stereocenters. The monoisotopic (exact) mass is 354 g/mol. The third-order valence-corrected chi connectivity index (χ3v) is 5.59. The van der Waals surface area contributed by atoms with Crippen molar-refractivity contribution in [2.75, 3.05) is 13.7 Å². The Morgan fingerprint density at radius 1 is 1.43 bits per heavy atom. The summed E-state index contributed by atoms with van der Waals surface area (Å²) in [4.78, 5) is 19.2. The average molecular weight is 355 g/mol. The maximum absolute atomic E-state index is 12.6. The Kier molecular flexibility index (Phi) is 6.36. The van der Waals surface area contributed by atoms with Crippen LogP contribution in [0.5, 0.6) is 5.75 Å². The van der Waals surface area contributed by atoms with Crippen LogP contribution in [0.1, 0.15) is 44.0 Å². The van der Waals surface area contributed by atoms with Gasteiger partial charge in [0.2, 0.25) is 0 Å². The summed E-state index contributed by atoms with van der Waals surface area (Å²) < 4.78 is 5.25. The SMILES string of the molecule is CCCCN1/C(=N\C(=O)c2cc(Cl)ccc2OC)SC(C)C1C. The van der Waals surface area contributed by atoms with E-state index in [2.05, 4.69) is 30.7 Å². The molecule has 1 aromatic carbocycles. The van der Waals surface area contributed by atoms with Crippen LogP contribution < -0.4 is 4.74 Å². The van der Waals surface area contributed by atoms with E-state index in [4.69, 9.17) is 16.3 Å². The summed E-state index contributed by atoms with van der Waals surface area (Å²) in [6.45, 7) is 7.44. The van der Waals surface area contributed by atoms with Crippen molar-refractivity contribution in [1.82, 2.24) is 4.90 Å². The van der Waals surface area contributed by atoms with Crippen LogP contribution in [0.15, 0.2) is 23.2 Å². The van der Waals surface area contributed by atoms with E-state index in [-0.39, 0.29) is 5.91 Å². The van der Waals surface area contributed by atoms with Crippen LogP contribution in [-0.4, -0.2) is 40.9 Å². The van der Waals surface area contributed by atoms with Crippen molar-refractivity contribution in [2.24, 2.45) is 4.99 Å². The van der Waals surface area contributed by atoms with Crippen molar-refractivity contribution in [3.05, 3.63) is 28.8 Å². The molecule has 6 heteroatoms. The van der Waals surface area contributed by atoms with Gasteiger partial charge in [0.25, 0.3) is 5.91 Å². The third kappa shape index (κ3) is 4.21. The molecule has 4 nitrogen and oxygen atoms in total. The molecular formula is C17H23ClN2O2S. The highest BCUT2D eigenvalue weighted by atomic mass is 35.5. The fourth-order valence-electron chi connectivity index (χ4n) is 2.47. The molecule has 0 bridgehead atoms. The molecule has 1 fully saturated rings. The highest BCUT2D eigenvalue weighted by Crippen LogP contribution is 2.32. The Morgan fingerprint density at radius 2 is 2.17 bits per heavy atom. The Balaban J connectivity index is 2.28. The van der Waals surface area contributed by atoms with Crippen LogP contribution in [0, 0.1) is 0 Å². The van der Waals surface area contributed by atoms with Gasteiger partial charge in [-0.25, -0.2) is 0 Å². The molecule has 126 valence electrons. The summed E-state index contributed by atoms with van der Waals surface area (Å²) in [6, 6.07) is 5.37. The molecule has 1 aliphatic rings. The minimum absolute atomic E-state index is 0.311. The molecule has 2 atom stereocenters. The molecule has 0 saturated carbocycles. The fraction of sp³-hybridized carbons (Fsp3) is 0.529. The fourth-order valence-corrected chi connectivity index (χ4v) is 3.85. The maximum atomic E-state index is 12.6. The normalized spacial score (nSPS) is 22.7. The predicted molar refractivity (Wildman–Crippen MR) is 97.9 cm³/mol. The van der Waals surface area contributed by atoms with Crippen molar-refractivity contribution in [1.29, 1.82) is 0 Å². The molecule has 1 saturated heterocycles. The molecule has 0 spiro atoms. The lowest BCUT2D eigenvalue weighted by molar-refractivity contribution is 0.0998. The van der Waals surface area contributed by atoms with Crippen molar-refractivity contribution in [3.63, 3.8) is 0 Å². The second-order valence-electron chi connectivity index (χ2n) is 5.65. The van der Waals surface area contributed by atoms with Crippen molar-refractivity contribution < 1.29 is 9.53 Å². The third-order valence-electron chi connectivity index (χ3n) is 4.05. The number of amides is 1. The predicted octanol–water partition coefficient (Wildman–Crippen LogP) is 4.47. The van der Waals surface area contributed by atoms with Gasteiger partial charge in [0.15, 0.2) is 5.17 Å². The van der Waals surface area contributed by atoms with Crippen molar-refractivity contribution >= 4 is 34.4 Å². The van der Waals surface area contributed by atoms with Gasteiger partial charge in [-0.1, -0.05) is 43.6 Å². The van der Waals surface area contributed by atoms with Crippen LogP contribution in [0.4, 0.5) is 0 Å². The minimum atomic E-state index is -0.311. The van der Waals surface area contributed by atoms with Gasteiger partial charge in [0.1, 0.15) is 5.75 Å². The zero-order valence-corrected chi connectivity index (χ0v) is 15.6. The molecule has 0 N–H and O–H groups in total. The van der Waals surface area contributed by atoms with Gasteiger partial charge in [0.05, 0.1) is 12.7 Å². The van der Waals surface area contributed by atoms with E-state index in [1.165, 1.54) is 7.11 Å². The first-order valence-corrected chi connectivity index (χ1v) is 9.13. The largest absolute Gasteiger partial charge is 0.496 e. The number of rotatable bonds is 5. The summed E-state index contributed by atoms with van der Waals surface area (Å²) >= 11 is 7.66. The highest BCUT2D eigenvalue weighted by molar-refractivity contribution is 8.14. The van der Waals surface area contributed by atoms with Crippen LogP contribution in [-0.2, 0) is 0 Å². The number of hydrogen-bond donors (Lipinski definition) is 0. The van der Waals surface area contributed by atoms with E-state index in [9.17, 15) is 4.79 Å².